The first-order valence-electron chi connectivity index (χ1n) is 12.1. The van der Waals surface area contributed by atoms with Gasteiger partial charge >= 0.3 is 12.4 Å². The Morgan fingerprint density at radius 1 is 0.889 bits per heavy atom. The van der Waals surface area contributed by atoms with Gasteiger partial charge in [-0.1, -0.05) is 12.1 Å². The highest BCUT2D eigenvalue weighted by Gasteiger charge is 2.39. The van der Waals surface area contributed by atoms with Crippen molar-refractivity contribution in [1.82, 2.24) is 10.2 Å². The van der Waals surface area contributed by atoms with Crippen LogP contribution in [0.1, 0.15) is 60.5 Å². The Hall–Kier alpha value is -2.17. The summed E-state index contributed by atoms with van der Waals surface area (Å²) in [5.41, 5.74) is -2.08. The number of nitrogens with one attached hydrogen (secondary N) is 1. The van der Waals surface area contributed by atoms with E-state index in [0.717, 1.165) is 43.6 Å². The van der Waals surface area contributed by atoms with Crippen molar-refractivity contribution in [1.29, 1.82) is 0 Å². The Kier molecular flexibility index (Phi) is 7.97. The molecule has 0 amide bonds. The fourth-order valence-electron chi connectivity index (χ4n) is 5.21. The van der Waals surface area contributed by atoms with Gasteiger partial charge in [-0.25, -0.2) is 4.39 Å². The Balaban J connectivity index is 1.59. The summed E-state index contributed by atoms with van der Waals surface area (Å²) in [6.45, 7) is 4.61. The van der Waals surface area contributed by atoms with E-state index >= 15 is 0 Å². The lowest BCUT2D eigenvalue weighted by Crippen LogP contribution is -2.50. The third-order valence-electron chi connectivity index (χ3n) is 7.16. The summed E-state index contributed by atoms with van der Waals surface area (Å²) in [5.74, 6) is -0.594. The predicted molar refractivity (Wildman–Crippen MR) is 121 cm³/mol. The Labute approximate surface area is 205 Å². The van der Waals surface area contributed by atoms with Crippen LogP contribution in [-0.2, 0) is 17.1 Å². The second-order valence-corrected chi connectivity index (χ2v) is 9.58. The van der Waals surface area contributed by atoms with E-state index in [2.05, 4.69) is 10.2 Å². The minimum Gasteiger partial charge on any atom is -0.370 e. The fourth-order valence-corrected chi connectivity index (χ4v) is 5.21. The van der Waals surface area contributed by atoms with Crippen LogP contribution in [0.3, 0.4) is 0 Å². The first kappa shape index (κ1) is 26.9. The van der Waals surface area contributed by atoms with Gasteiger partial charge in [-0.05, 0) is 80.7 Å². The molecule has 0 bridgehead atoms. The minimum atomic E-state index is -4.92. The van der Waals surface area contributed by atoms with Crippen molar-refractivity contribution in [2.45, 2.75) is 62.7 Å². The Morgan fingerprint density at radius 2 is 1.47 bits per heavy atom. The average molecular weight is 519 g/mol. The number of ether oxygens (including phenoxy) is 1. The van der Waals surface area contributed by atoms with E-state index in [9.17, 15) is 30.7 Å². The summed E-state index contributed by atoms with van der Waals surface area (Å²) in [7, 11) is 0. The molecule has 0 aromatic heterocycles. The quantitative estimate of drug-likeness (QED) is 0.455. The summed E-state index contributed by atoms with van der Waals surface area (Å²) in [5, 5.41) is 3.33. The normalized spacial score (nSPS) is 23.6. The van der Waals surface area contributed by atoms with Crippen molar-refractivity contribution in [2.24, 2.45) is 0 Å². The molecular weight excluding hydrogens is 489 g/mol. The second kappa shape index (κ2) is 10.7. The largest absolute Gasteiger partial charge is 0.416 e. The first-order valence-corrected chi connectivity index (χ1v) is 12.1. The van der Waals surface area contributed by atoms with Crippen molar-refractivity contribution in [3.05, 3.63) is 70.5 Å². The number of likely N-dealkylation sites (tertiary alicyclic amines) is 1. The molecule has 1 N–H and O–H groups in total. The van der Waals surface area contributed by atoms with Crippen LogP contribution < -0.4 is 5.32 Å². The van der Waals surface area contributed by atoms with Gasteiger partial charge in [0.1, 0.15) is 5.82 Å². The molecule has 198 valence electrons. The number of rotatable bonds is 5. The maximum absolute atomic E-state index is 13.6. The molecule has 0 spiro atoms. The average Bonchev–Trinajstić information content (AvgIpc) is 2.84. The highest BCUT2D eigenvalue weighted by atomic mass is 19.4. The molecule has 0 unspecified atom stereocenters. The van der Waals surface area contributed by atoms with Crippen molar-refractivity contribution in [2.75, 3.05) is 26.2 Å². The fraction of sp³-hybridized carbons (Fsp3) is 0.538. The lowest BCUT2D eigenvalue weighted by atomic mass is 9.86. The number of hydrogen-bond donors (Lipinski definition) is 1. The third-order valence-corrected chi connectivity index (χ3v) is 7.16. The van der Waals surface area contributed by atoms with Crippen molar-refractivity contribution >= 4 is 0 Å². The summed E-state index contributed by atoms with van der Waals surface area (Å²) < 4.78 is 99.8. The molecule has 2 fully saturated rings. The highest BCUT2D eigenvalue weighted by Crippen LogP contribution is 2.40. The van der Waals surface area contributed by atoms with Crippen molar-refractivity contribution in [3.63, 3.8) is 0 Å². The van der Waals surface area contributed by atoms with Crippen molar-refractivity contribution in [3.8, 4) is 0 Å². The zero-order valence-electron chi connectivity index (χ0n) is 19.8. The van der Waals surface area contributed by atoms with Crippen LogP contribution in [0.15, 0.2) is 42.5 Å². The van der Waals surface area contributed by atoms with Crippen LogP contribution >= 0.6 is 0 Å². The van der Waals surface area contributed by atoms with Crippen LogP contribution in [0.25, 0.3) is 0 Å². The van der Waals surface area contributed by atoms with Gasteiger partial charge in [0.15, 0.2) is 0 Å². The molecule has 2 aromatic rings. The number of piperidine rings is 2. The van der Waals surface area contributed by atoms with Crippen LogP contribution in [0.4, 0.5) is 30.7 Å². The molecule has 2 aliphatic heterocycles. The van der Waals surface area contributed by atoms with E-state index in [1.54, 1.807) is 12.1 Å². The number of alkyl halides is 6. The van der Waals surface area contributed by atoms with E-state index in [-0.39, 0.29) is 23.4 Å². The lowest BCUT2D eigenvalue weighted by Gasteiger charge is -2.44. The van der Waals surface area contributed by atoms with Crippen LogP contribution in [0, 0.1) is 5.82 Å². The van der Waals surface area contributed by atoms with Gasteiger partial charge in [-0.2, -0.15) is 26.3 Å². The molecule has 0 radical (unpaired) electrons. The van der Waals surface area contributed by atoms with Gasteiger partial charge in [0.05, 0.1) is 23.3 Å². The van der Waals surface area contributed by atoms with Gasteiger partial charge in [0.25, 0.3) is 0 Å². The van der Waals surface area contributed by atoms with Gasteiger partial charge in [0, 0.05) is 25.0 Å². The molecule has 0 aliphatic carbocycles. The number of halogens is 7. The Morgan fingerprint density at radius 3 is 2.03 bits per heavy atom. The smallest absolute Gasteiger partial charge is 0.370 e. The maximum Gasteiger partial charge on any atom is 0.416 e. The number of benzene rings is 2. The summed E-state index contributed by atoms with van der Waals surface area (Å²) in [4.78, 5) is 2.37. The molecule has 3 atom stereocenters. The van der Waals surface area contributed by atoms with Crippen LogP contribution in [0.2, 0.25) is 0 Å². The molecule has 2 saturated heterocycles. The molecule has 4 rings (SSSR count). The summed E-state index contributed by atoms with van der Waals surface area (Å²) in [6, 6.07) is 7.97. The molecular formula is C26H29F7N2O. The predicted octanol–water partition coefficient (Wildman–Crippen LogP) is 6.55. The standard InChI is InChI=1S/C26H29F7N2O/c1-16(18-12-19(25(28,29)30)14-20(13-18)26(31,32)33)36-24-8-11-35(22-6-9-34-10-7-22)15-23(24)17-2-4-21(27)5-3-17/h2-5,12-14,16,22-24,34H,6-11,15H2,1H3/t16-,23-,24+/m1/s1. The first-order chi connectivity index (χ1) is 16.9. The third kappa shape index (κ3) is 6.39. The van der Waals surface area contributed by atoms with Gasteiger partial charge < -0.3 is 10.1 Å². The van der Waals surface area contributed by atoms with E-state index in [1.165, 1.54) is 19.1 Å². The number of hydrogen-bond acceptors (Lipinski definition) is 3. The highest BCUT2D eigenvalue weighted by molar-refractivity contribution is 5.35. The van der Waals surface area contributed by atoms with Gasteiger partial charge in [0.2, 0.25) is 0 Å². The van der Waals surface area contributed by atoms with E-state index in [4.69, 9.17) is 4.74 Å². The topological polar surface area (TPSA) is 24.5 Å². The van der Waals surface area contributed by atoms with Crippen molar-refractivity contribution < 1.29 is 35.5 Å². The molecule has 3 nitrogen and oxygen atoms in total. The van der Waals surface area contributed by atoms with E-state index < -0.39 is 35.7 Å². The van der Waals surface area contributed by atoms with E-state index in [0.29, 0.717) is 25.6 Å². The monoisotopic (exact) mass is 518 g/mol. The van der Waals surface area contributed by atoms with E-state index in [1.807, 2.05) is 0 Å². The lowest BCUT2D eigenvalue weighted by molar-refractivity contribution is -0.143. The Bertz CT molecular complexity index is 984. The summed E-state index contributed by atoms with van der Waals surface area (Å²) in [6.07, 6.45) is -8.77. The second-order valence-electron chi connectivity index (χ2n) is 9.58. The SMILES string of the molecule is C[C@@H](O[C@H]1CCN(C2CCNCC2)C[C@@H]1c1ccc(F)cc1)c1cc(C(F)(F)F)cc(C(F)(F)F)c1. The zero-order valence-corrected chi connectivity index (χ0v) is 19.8. The van der Waals surface area contributed by atoms with Crippen LogP contribution in [0.5, 0.6) is 0 Å². The maximum atomic E-state index is 13.6. The zero-order chi connectivity index (χ0) is 26.1. The molecule has 36 heavy (non-hydrogen) atoms. The van der Waals surface area contributed by atoms with Gasteiger partial charge in [-0.3, -0.25) is 4.90 Å². The molecule has 0 saturated carbocycles. The molecule has 2 aliphatic rings. The minimum absolute atomic E-state index is 0.120. The summed E-state index contributed by atoms with van der Waals surface area (Å²) >= 11 is 0. The van der Waals surface area contributed by atoms with Crippen LogP contribution in [-0.4, -0.2) is 43.2 Å². The molecule has 10 heteroatoms. The molecule has 2 heterocycles. The number of nitrogens with zero attached hydrogens (tertiary/aromatic N) is 1. The van der Waals surface area contributed by atoms with Gasteiger partial charge in [-0.15, -0.1) is 0 Å². The molecule has 2 aromatic carbocycles.